The van der Waals surface area contributed by atoms with Crippen LogP contribution in [0.25, 0.3) is 0 Å². The minimum Gasteiger partial charge on any atom is -0.468 e. The van der Waals surface area contributed by atoms with Crippen LogP contribution in [-0.4, -0.2) is 34.2 Å². The van der Waals surface area contributed by atoms with Crippen LogP contribution in [0.15, 0.2) is 12.4 Å². The van der Waals surface area contributed by atoms with E-state index in [1.165, 1.54) is 7.11 Å². The highest BCUT2D eigenvalue weighted by molar-refractivity contribution is 5.80. The van der Waals surface area contributed by atoms with Crippen molar-refractivity contribution in [2.24, 2.45) is 0 Å². The first-order valence-corrected chi connectivity index (χ1v) is 7.23. The van der Waals surface area contributed by atoms with E-state index in [9.17, 15) is 4.79 Å². The van der Waals surface area contributed by atoms with Crippen molar-refractivity contribution in [1.82, 2.24) is 14.9 Å². The SMILES string of the molecule is COC(=O)C(C)(CCCCn1ccnc1C)NC(C)C. The molecule has 0 fully saturated rings. The number of imidazole rings is 1. The lowest BCUT2D eigenvalue weighted by atomic mass is 9.94. The summed E-state index contributed by atoms with van der Waals surface area (Å²) in [6.07, 6.45) is 6.55. The smallest absolute Gasteiger partial charge is 0.325 e. The molecule has 0 bridgehead atoms. The van der Waals surface area contributed by atoms with Crippen molar-refractivity contribution in [3.8, 4) is 0 Å². The zero-order valence-electron chi connectivity index (χ0n) is 13.3. The third kappa shape index (κ3) is 4.63. The fraction of sp³-hybridized carbons (Fsp3) is 0.733. The van der Waals surface area contributed by atoms with Gasteiger partial charge in [0.1, 0.15) is 11.4 Å². The number of ether oxygens (including phenoxy) is 1. The van der Waals surface area contributed by atoms with E-state index in [0.717, 1.165) is 31.6 Å². The number of hydrogen-bond donors (Lipinski definition) is 1. The Morgan fingerprint density at radius 2 is 2.20 bits per heavy atom. The van der Waals surface area contributed by atoms with Crippen molar-refractivity contribution < 1.29 is 9.53 Å². The van der Waals surface area contributed by atoms with Gasteiger partial charge < -0.3 is 9.30 Å². The van der Waals surface area contributed by atoms with E-state index in [2.05, 4.69) is 14.9 Å². The molecule has 0 saturated heterocycles. The summed E-state index contributed by atoms with van der Waals surface area (Å²) in [6, 6.07) is 0.245. The predicted molar refractivity (Wildman–Crippen MR) is 79.5 cm³/mol. The summed E-state index contributed by atoms with van der Waals surface area (Å²) in [4.78, 5) is 16.1. The number of esters is 1. The normalized spacial score (nSPS) is 14.3. The molecule has 1 heterocycles. The summed E-state index contributed by atoms with van der Waals surface area (Å²) < 4.78 is 7.05. The second kappa shape index (κ2) is 7.43. The monoisotopic (exact) mass is 281 g/mol. The molecule has 1 aromatic heterocycles. The molecule has 0 aromatic carbocycles. The van der Waals surface area contributed by atoms with Crippen LogP contribution in [0.1, 0.15) is 45.9 Å². The fourth-order valence-corrected chi connectivity index (χ4v) is 2.50. The Morgan fingerprint density at radius 1 is 1.50 bits per heavy atom. The van der Waals surface area contributed by atoms with E-state index in [-0.39, 0.29) is 12.0 Å². The van der Waals surface area contributed by atoms with Gasteiger partial charge in [0.15, 0.2) is 0 Å². The maximum Gasteiger partial charge on any atom is 0.325 e. The standard InChI is InChI=1S/C15H27N3O2/c1-12(2)17-15(4,14(19)20-5)8-6-7-10-18-11-9-16-13(18)3/h9,11-12,17H,6-8,10H2,1-5H3. The Kier molecular flexibility index (Phi) is 6.20. The quantitative estimate of drug-likeness (QED) is 0.587. The summed E-state index contributed by atoms with van der Waals surface area (Å²) in [5.74, 6) is 0.839. The minimum atomic E-state index is -0.604. The average Bonchev–Trinajstić information content (AvgIpc) is 2.78. The number of carbonyl (C=O) groups excluding carboxylic acids is 1. The van der Waals surface area contributed by atoms with Gasteiger partial charge in [0.05, 0.1) is 7.11 Å². The molecule has 1 rings (SSSR count). The second-order valence-electron chi connectivity index (χ2n) is 5.75. The van der Waals surface area contributed by atoms with Crippen LogP contribution in [0.4, 0.5) is 0 Å². The number of aryl methyl sites for hydroxylation is 2. The molecule has 0 saturated carbocycles. The molecular formula is C15H27N3O2. The van der Waals surface area contributed by atoms with E-state index in [1.807, 2.05) is 40.1 Å². The number of methoxy groups -OCH3 is 1. The van der Waals surface area contributed by atoms with Gasteiger partial charge in [0.25, 0.3) is 0 Å². The predicted octanol–water partition coefficient (Wildman–Crippen LogP) is 2.29. The Labute approximate surface area is 121 Å². The lowest BCUT2D eigenvalue weighted by Gasteiger charge is -2.30. The number of hydrogen-bond acceptors (Lipinski definition) is 4. The van der Waals surface area contributed by atoms with E-state index in [0.29, 0.717) is 0 Å². The molecule has 1 unspecified atom stereocenters. The fourth-order valence-electron chi connectivity index (χ4n) is 2.50. The molecule has 20 heavy (non-hydrogen) atoms. The third-order valence-electron chi connectivity index (χ3n) is 3.49. The molecule has 1 N–H and O–H groups in total. The second-order valence-corrected chi connectivity index (χ2v) is 5.75. The van der Waals surface area contributed by atoms with Gasteiger partial charge in [0.2, 0.25) is 0 Å². The topological polar surface area (TPSA) is 56.2 Å². The van der Waals surface area contributed by atoms with Gasteiger partial charge in [-0.15, -0.1) is 0 Å². The zero-order chi connectivity index (χ0) is 15.2. The summed E-state index contributed by atoms with van der Waals surface area (Å²) in [5, 5.41) is 3.32. The van der Waals surface area contributed by atoms with E-state index in [4.69, 9.17) is 4.74 Å². The molecular weight excluding hydrogens is 254 g/mol. The lowest BCUT2D eigenvalue weighted by molar-refractivity contribution is -0.148. The van der Waals surface area contributed by atoms with Crippen LogP contribution in [0, 0.1) is 6.92 Å². The average molecular weight is 281 g/mol. The van der Waals surface area contributed by atoms with Crippen molar-refractivity contribution in [2.75, 3.05) is 7.11 Å². The molecule has 5 heteroatoms. The molecule has 1 atom stereocenters. The molecule has 0 spiro atoms. The van der Waals surface area contributed by atoms with Crippen molar-refractivity contribution in [1.29, 1.82) is 0 Å². The third-order valence-corrected chi connectivity index (χ3v) is 3.49. The Bertz CT molecular complexity index is 429. The number of nitrogens with zero attached hydrogens (tertiary/aromatic N) is 2. The van der Waals surface area contributed by atoms with Crippen molar-refractivity contribution in [3.05, 3.63) is 18.2 Å². The van der Waals surface area contributed by atoms with E-state index >= 15 is 0 Å². The first-order valence-electron chi connectivity index (χ1n) is 7.23. The molecule has 0 aliphatic carbocycles. The first-order chi connectivity index (χ1) is 9.39. The number of aromatic nitrogens is 2. The molecule has 114 valence electrons. The largest absolute Gasteiger partial charge is 0.468 e. The Balaban J connectivity index is 2.46. The lowest BCUT2D eigenvalue weighted by Crippen LogP contribution is -2.52. The molecule has 0 radical (unpaired) electrons. The van der Waals surface area contributed by atoms with Gasteiger partial charge in [-0.2, -0.15) is 0 Å². The van der Waals surface area contributed by atoms with Crippen molar-refractivity contribution >= 4 is 5.97 Å². The van der Waals surface area contributed by atoms with Crippen LogP contribution in [0.2, 0.25) is 0 Å². The molecule has 1 aromatic rings. The van der Waals surface area contributed by atoms with Gasteiger partial charge in [-0.05, 0) is 47.0 Å². The zero-order valence-corrected chi connectivity index (χ0v) is 13.3. The number of rotatable bonds is 8. The van der Waals surface area contributed by atoms with Gasteiger partial charge in [0, 0.05) is 25.0 Å². The minimum absolute atomic E-state index is 0.190. The van der Waals surface area contributed by atoms with Crippen molar-refractivity contribution in [3.63, 3.8) is 0 Å². The highest BCUT2D eigenvalue weighted by Gasteiger charge is 2.33. The van der Waals surface area contributed by atoms with Gasteiger partial charge in [-0.3, -0.25) is 10.1 Å². The van der Waals surface area contributed by atoms with Gasteiger partial charge in [-0.25, -0.2) is 4.98 Å². The van der Waals surface area contributed by atoms with Crippen LogP contribution in [-0.2, 0) is 16.1 Å². The number of nitrogens with one attached hydrogen (secondary N) is 1. The van der Waals surface area contributed by atoms with E-state index < -0.39 is 5.54 Å². The summed E-state index contributed by atoms with van der Waals surface area (Å²) >= 11 is 0. The summed E-state index contributed by atoms with van der Waals surface area (Å²) in [7, 11) is 1.44. The maximum absolute atomic E-state index is 11.9. The number of unbranched alkanes of at least 4 members (excludes halogenated alkanes) is 1. The molecule has 0 aliphatic rings. The Morgan fingerprint density at radius 3 is 2.70 bits per heavy atom. The highest BCUT2D eigenvalue weighted by Crippen LogP contribution is 2.17. The maximum atomic E-state index is 11.9. The first kappa shape index (κ1) is 16.7. The summed E-state index contributed by atoms with van der Waals surface area (Å²) in [5.41, 5.74) is -0.604. The molecule has 0 aliphatic heterocycles. The van der Waals surface area contributed by atoms with Crippen LogP contribution >= 0.6 is 0 Å². The Hall–Kier alpha value is -1.36. The van der Waals surface area contributed by atoms with Gasteiger partial charge >= 0.3 is 5.97 Å². The highest BCUT2D eigenvalue weighted by atomic mass is 16.5. The van der Waals surface area contributed by atoms with Crippen molar-refractivity contribution in [2.45, 2.75) is 65.1 Å². The summed E-state index contributed by atoms with van der Waals surface area (Å²) in [6.45, 7) is 8.93. The number of carbonyl (C=O) groups is 1. The molecule has 5 nitrogen and oxygen atoms in total. The van der Waals surface area contributed by atoms with E-state index in [1.54, 1.807) is 0 Å². The molecule has 0 amide bonds. The van der Waals surface area contributed by atoms with Crippen LogP contribution < -0.4 is 5.32 Å². The van der Waals surface area contributed by atoms with Gasteiger partial charge in [-0.1, -0.05) is 0 Å². The van der Waals surface area contributed by atoms with Crippen LogP contribution in [0.3, 0.4) is 0 Å². The van der Waals surface area contributed by atoms with Crippen LogP contribution in [0.5, 0.6) is 0 Å².